The van der Waals surface area contributed by atoms with E-state index in [0.29, 0.717) is 5.02 Å². The van der Waals surface area contributed by atoms with Crippen LogP contribution in [0.4, 0.5) is 5.82 Å². The molecule has 0 atom stereocenters. The molecule has 1 aliphatic heterocycles. The number of aromatic nitrogens is 1. The smallest absolute Gasteiger partial charge is 0.147 e. The second-order valence-electron chi connectivity index (χ2n) is 3.83. The summed E-state index contributed by atoms with van der Waals surface area (Å²) in [6.45, 7) is 3.21. The molecule has 5 heteroatoms. The third-order valence-electron chi connectivity index (χ3n) is 2.67. The molecule has 2 radical (unpaired) electrons. The first-order chi connectivity index (χ1) is 7.70. The van der Waals surface area contributed by atoms with Crippen LogP contribution in [0.3, 0.4) is 0 Å². The number of pyridine rings is 1. The molecule has 0 saturated carbocycles. The fraction of sp³-hybridized carbons (Fsp3) is 0.455. The molecule has 0 bridgehead atoms. The molecule has 2 rings (SSSR count). The van der Waals surface area contributed by atoms with Crippen molar-refractivity contribution in [2.75, 3.05) is 31.1 Å². The fourth-order valence-electron chi connectivity index (χ4n) is 1.72. The van der Waals surface area contributed by atoms with Crippen molar-refractivity contribution < 1.29 is 5.11 Å². The highest BCUT2D eigenvalue weighted by Crippen LogP contribution is 2.24. The van der Waals surface area contributed by atoms with Crippen molar-refractivity contribution in [3.05, 3.63) is 29.9 Å². The topological polar surface area (TPSA) is 39.6 Å². The highest BCUT2D eigenvalue weighted by molar-refractivity contribution is 6.33. The van der Waals surface area contributed by atoms with E-state index < -0.39 is 0 Å². The van der Waals surface area contributed by atoms with Crippen molar-refractivity contribution in [3.8, 4) is 0 Å². The van der Waals surface area contributed by atoms with Crippen LogP contribution in [-0.2, 0) is 6.61 Å². The van der Waals surface area contributed by atoms with Crippen LogP contribution >= 0.6 is 11.6 Å². The number of halogens is 1. The van der Waals surface area contributed by atoms with Gasteiger partial charge >= 0.3 is 0 Å². The maximum Gasteiger partial charge on any atom is 0.147 e. The molecule has 16 heavy (non-hydrogen) atoms. The second-order valence-corrected chi connectivity index (χ2v) is 4.24. The quantitative estimate of drug-likeness (QED) is 0.837. The molecule has 1 fully saturated rings. The number of anilines is 1. The van der Waals surface area contributed by atoms with Crippen LogP contribution in [0.2, 0.25) is 5.02 Å². The number of rotatable bonds is 2. The van der Waals surface area contributed by atoms with Crippen LogP contribution in [0.25, 0.3) is 0 Å². The van der Waals surface area contributed by atoms with Gasteiger partial charge < -0.3 is 10.0 Å². The minimum atomic E-state index is -0.0381. The SMILES string of the molecule is [CH]N1CCN(c2ncc(CO)cc2Cl)CC1. The largest absolute Gasteiger partial charge is 0.392 e. The molecule has 86 valence electrons. The van der Waals surface area contributed by atoms with Gasteiger partial charge in [-0.2, -0.15) is 0 Å². The summed E-state index contributed by atoms with van der Waals surface area (Å²) >= 11 is 6.12. The summed E-state index contributed by atoms with van der Waals surface area (Å²) in [6.07, 6.45) is 1.65. The summed E-state index contributed by atoms with van der Waals surface area (Å²) in [5.41, 5.74) is 0.728. The van der Waals surface area contributed by atoms with E-state index in [4.69, 9.17) is 23.8 Å². The van der Waals surface area contributed by atoms with Crippen LogP contribution in [0.5, 0.6) is 0 Å². The fourth-order valence-corrected chi connectivity index (χ4v) is 2.03. The molecule has 0 unspecified atom stereocenters. The summed E-state index contributed by atoms with van der Waals surface area (Å²) < 4.78 is 0. The lowest BCUT2D eigenvalue weighted by Crippen LogP contribution is -2.44. The summed E-state index contributed by atoms with van der Waals surface area (Å²) in [4.78, 5) is 8.16. The van der Waals surface area contributed by atoms with E-state index in [-0.39, 0.29) is 6.61 Å². The van der Waals surface area contributed by atoms with Gasteiger partial charge in [0.1, 0.15) is 5.82 Å². The van der Waals surface area contributed by atoms with E-state index >= 15 is 0 Å². The number of hydrogen-bond donors (Lipinski definition) is 1. The van der Waals surface area contributed by atoms with Gasteiger partial charge in [0.25, 0.3) is 0 Å². The first-order valence-corrected chi connectivity index (χ1v) is 5.58. The Morgan fingerprint density at radius 1 is 1.38 bits per heavy atom. The molecule has 1 aromatic rings. The van der Waals surface area contributed by atoms with E-state index in [0.717, 1.165) is 37.6 Å². The maximum absolute atomic E-state index is 8.96. The zero-order chi connectivity index (χ0) is 11.5. The van der Waals surface area contributed by atoms with E-state index in [1.165, 1.54) is 0 Å². The van der Waals surface area contributed by atoms with Crippen LogP contribution in [0, 0.1) is 7.05 Å². The van der Waals surface area contributed by atoms with Gasteiger partial charge in [-0.1, -0.05) is 11.6 Å². The zero-order valence-electron chi connectivity index (χ0n) is 8.93. The molecule has 1 aromatic heterocycles. The Kier molecular flexibility index (Phi) is 3.63. The normalized spacial score (nSPS) is 17.8. The van der Waals surface area contributed by atoms with Gasteiger partial charge in [-0.25, -0.2) is 4.98 Å². The van der Waals surface area contributed by atoms with Crippen LogP contribution in [0.15, 0.2) is 12.3 Å². The van der Waals surface area contributed by atoms with Crippen molar-refractivity contribution >= 4 is 17.4 Å². The number of aliphatic hydroxyl groups excluding tert-OH is 1. The van der Waals surface area contributed by atoms with Gasteiger partial charge in [-0.05, 0) is 11.6 Å². The molecular formula is C11H14ClN3O. The van der Waals surface area contributed by atoms with Crippen molar-refractivity contribution in [2.45, 2.75) is 6.61 Å². The standard InChI is InChI=1S/C11H14ClN3O/c1-14-2-4-15(5-3-14)11-10(12)6-9(8-16)7-13-11/h1,6-7,16H,2-5,8H2. The molecule has 4 nitrogen and oxygen atoms in total. The molecule has 0 spiro atoms. The molecule has 1 N–H and O–H groups in total. The van der Waals surface area contributed by atoms with Crippen LogP contribution in [-0.4, -0.2) is 41.2 Å². The second kappa shape index (κ2) is 4.99. The Labute approximate surface area is 100 Å². The summed E-state index contributed by atoms with van der Waals surface area (Å²) in [6, 6.07) is 1.75. The van der Waals surface area contributed by atoms with Crippen molar-refractivity contribution in [3.63, 3.8) is 0 Å². The first kappa shape index (κ1) is 11.6. The van der Waals surface area contributed by atoms with E-state index in [1.54, 1.807) is 17.2 Å². The molecule has 0 amide bonds. The van der Waals surface area contributed by atoms with Gasteiger partial charge in [0.15, 0.2) is 0 Å². The van der Waals surface area contributed by atoms with Gasteiger partial charge in [0.2, 0.25) is 0 Å². The van der Waals surface area contributed by atoms with E-state index in [2.05, 4.69) is 9.88 Å². The molecule has 0 aromatic carbocycles. The number of nitrogens with zero attached hydrogens (tertiary/aromatic N) is 3. The predicted octanol–water partition coefficient (Wildman–Crippen LogP) is 1.02. The number of hydrogen-bond acceptors (Lipinski definition) is 4. The Morgan fingerprint density at radius 2 is 2.06 bits per heavy atom. The molecule has 1 saturated heterocycles. The van der Waals surface area contributed by atoms with Gasteiger partial charge in [-0.3, -0.25) is 4.90 Å². The maximum atomic E-state index is 8.96. The Balaban J connectivity index is 2.14. The van der Waals surface area contributed by atoms with E-state index in [1.807, 2.05) is 0 Å². The third kappa shape index (κ3) is 2.45. The summed E-state index contributed by atoms with van der Waals surface area (Å²) in [5, 5.41) is 9.54. The highest BCUT2D eigenvalue weighted by atomic mass is 35.5. The van der Waals surface area contributed by atoms with Crippen LogP contribution in [0.1, 0.15) is 5.56 Å². The number of piperazine rings is 1. The lowest BCUT2D eigenvalue weighted by molar-refractivity contribution is 0.281. The Bertz CT molecular complexity index is 364. The van der Waals surface area contributed by atoms with Crippen molar-refractivity contribution in [1.29, 1.82) is 0 Å². The average Bonchev–Trinajstić information content (AvgIpc) is 2.30. The summed E-state index contributed by atoms with van der Waals surface area (Å²) in [5.74, 6) is 0.770. The highest BCUT2D eigenvalue weighted by Gasteiger charge is 2.17. The van der Waals surface area contributed by atoms with Crippen LogP contribution < -0.4 is 4.90 Å². The number of aliphatic hydroxyl groups is 1. The van der Waals surface area contributed by atoms with Gasteiger partial charge in [0.05, 0.1) is 11.6 Å². The molecule has 2 heterocycles. The van der Waals surface area contributed by atoms with E-state index in [9.17, 15) is 0 Å². The predicted molar refractivity (Wildman–Crippen MR) is 63.3 cm³/mol. The zero-order valence-corrected chi connectivity index (χ0v) is 9.69. The van der Waals surface area contributed by atoms with Crippen molar-refractivity contribution in [1.82, 2.24) is 9.88 Å². The third-order valence-corrected chi connectivity index (χ3v) is 2.95. The molecule has 0 aliphatic carbocycles. The van der Waals surface area contributed by atoms with Gasteiger partial charge in [0, 0.05) is 39.4 Å². The monoisotopic (exact) mass is 239 g/mol. The lowest BCUT2D eigenvalue weighted by atomic mass is 10.2. The molecule has 1 aliphatic rings. The average molecular weight is 240 g/mol. The Morgan fingerprint density at radius 3 is 2.62 bits per heavy atom. The minimum absolute atomic E-state index is 0.0381. The lowest BCUT2D eigenvalue weighted by Gasteiger charge is -2.33. The first-order valence-electron chi connectivity index (χ1n) is 5.20. The summed E-state index contributed by atoms with van der Waals surface area (Å²) in [7, 11) is 5.68. The van der Waals surface area contributed by atoms with Gasteiger partial charge in [-0.15, -0.1) is 0 Å². The van der Waals surface area contributed by atoms with Crippen molar-refractivity contribution in [2.24, 2.45) is 0 Å². The minimum Gasteiger partial charge on any atom is -0.392 e. The molecular weight excluding hydrogens is 226 g/mol. The Hall–Kier alpha value is -0.840.